The Hall–Kier alpha value is -1.75. The minimum Gasteiger partial charge on any atom is -0.323 e. The molecule has 5 heteroatoms. The van der Waals surface area contributed by atoms with E-state index in [0.717, 1.165) is 5.69 Å². The van der Waals surface area contributed by atoms with E-state index in [4.69, 9.17) is 0 Å². The van der Waals surface area contributed by atoms with Gasteiger partial charge in [-0.3, -0.25) is 9.59 Å². The first kappa shape index (κ1) is 10.8. The molecule has 1 N–H and O–H groups in total. The van der Waals surface area contributed by atoms with Crippen LogP contribution in [0.5, 0.6) is 0 Å². The van der Waals surface area contributed by atoms with Gasteiger partial charge in [-0.05, 0) is 12.1 Å². The zero-order chi connectivity index (χ0) is 11.5. The van der Waals surface area contributed by atoms with Crippen molar-refractivity contribution in [2.75, 3.05) is 4.90 Å². The summed E-state index contributed by atoms with van der Waals surface area (Å²) in [5.74, 6) is -0.311. The van der Waals surface area contributed by atoms with Crippen LogP contribution in [0.15, 0.2) is 42.1 Å². The molecule has 0 aromatic heterocycles. The molecule has 82 valence electrons. The standard InChI is InChI=1S/C11H10N2O2S/c14-7-9-6-10(15)12-11(16)13(9)8-4-2-1-3-5-8/h1-7,11,16H,(H,12,15). The molecule has 16 heavy (non-hydrogen) atoms. The first-order valence-corrected chi connectivity index (χ1v) is 5.24. The summed E-state index contributed by atoms with van der Waals surface area (Å²) in [5.41, 5.74) is 0.580. The van der Waals surface area contributed by atoms with E-state index >= 15 is 0 Å². The number of amides is 1. The van der Waals surface area contributed by atoms with Gasteiger partial charge in [-0.2, -0.15) is 0 Å². The smallest absolute Gasteiger partial charge is 0.248 e. The molecule has 0 spiro atoms. The van der Waals surface area contributed by atoms with E-state index in [0.29, 0.717) is 12.0 Å². The van der Waals surface area contributed by atoms with E-state index in [-0.39, 0.29) is 5.91 Å². The first-order valence-electron chi connectivity index (χ1n) is 4.72. The Morgan fingerprint density at radius 3 is 2.62 bits per heavy atom. The predicted octanol–water partition coefficient (Wildman–Crippen LogP) is 0.919. The Bertz CT molecular complexity index is 445. The van der Waals surface area contributed by atoms with Crippen LogP contribution in [0.25, 0.3) is 0 Å². The SMILES string of the molecule is O=CC1=CC(=O)NC(S)N1c1ccccc1. The molecule has 0 saturated carbocycles. The summed E-state index contributed by atoms with van der Waals surface area (Å²) in [6.07, 6.45) is 1.90. The number of nitrogens with zero attached hydrogens (tertiary/aromatic N) is 1. The fraction of sp³-hybridized carbons (Fsp3) is 0.0909. The molecular formula is C11H10N2O2S. The van der Waals surface area contributed by atoms with E-state index in [1.807, 2.05) is 30.3 Å². The third-order valence-corrected chi connectivity index (χ3v) is 2.59. The highest BCUT2D eigenvalue weighted by Gasteiger charge is 2.25. The predicted molar refractivity (Wildman–Crippen MR) is 64.0 cm³/mol. The van der Waals surface area contributed by atoms with Crippen molar-refractivity contribution < 1.29 is 9.59 Å². The minimum atomic E-state index is -0.528. The van der Waals surface area contributed by atoms with Crippen LogP contribution in [-0.2, 0) is 9.59 Å². The van der Waals surface area contributed by atoms with Gasteiger partial charge in [-0.25, -0.2) is 0 Å². The zero-order valence-corrected chi connectivity index (χ0v) is 9.22. The van der Waals surface area contributed by atoms with Gasteiger partial charge in [0.15, 0.2) is 11.8 Å². The monoisotopic (exact) mass is 234 g/mol. The Morgan fingerprint density at radius 1 is 1.31 bits per heavy atom. The van der Waals surface area contributed by atoms with Crippen LogP contribution in [0.3, 0.4) is 0 Å². The van der Waals surface area contributed by atoms with Crippen molar-refractivity contribution in [1.29, 1.82) is 0 Å². The molecule has 4 nitrogen and oxygen atoms in total. The van der Waals surface area contributed by atoms with Crippen LogP contribution in [0.1, 0.15) is 0 Å². The Morgan fingerprint density at radius 2 is 2.00 bits per heavy atom. The molecule has 1 aliphatic heterocycles. The molecule has 0 fully saturated rings. The molecule has 0 radical (unpaired) electrons. The number of aldehydes is 1. The van der Waals surface area contributed by atoms with Gasteiger partial charge in [0.1, 0.15) is 0 Å². The third kappa shape index (κ3) is 1.94. The number of para-hydroxylation sites is 1. The van der Waals surface area contributed by atoms with Crippen molar-refractivity contribution in [3.05, 3.63) is 42.1 Å². The fourth-order valence-corrected chi connectivity index (χ4v) is 1.94. The number of hydrogen-bond acceptors (Lipinski definition) is 4. The number of allylic oxidation sites excluding steroid dienone is 1. The molecule has 2 rings (SSSR count). The van der Waals surface area contributed by atoms with Crippen molar-refractivity contribution in [2.24, 2.45) is 0 Å². The maximum Gasteiger partial charge on any atom is 0.248 e. The molecular weight excluding hydrogens is 224 g/mol. The maximum absolute atomic E-state index is 11.2. The quantitative estimate of drug-likeness (QED) is 0.591. The van der Waals surface area contributed by atoms with Crippen LogP contribution < -0.4 is 10.2 Å². The third-order valence-electron chi connectivity index (χ3n) is 2.23. The van der Waals surface area contributed by atoms with Gasteiger partial charge in [-0.15, -0.1) is 12.6 Å². The largest absolute Gasteiger partial charge is 0.323 e. The van der Waals surface area contributed by atoms with Crippen LogP contribution >= 0.6 is 12.6 Å². The number of carbonyl (C=O) groups is 2. The molecule has 1 heterocycles. The Kier molecular flexibility index (Phi) is 2.96. The van der Waals surface area contributed by atoms with Crippen molar-refractivity contribution in [3.8, 4) is 0 Å². The van der Waals surface area contributed by atoms with E-state index in [1.165, 1.54) is 6.08 Å². The van der Waals surface area contributed by atoms with Gasteiger partial charge in [0, 0.05) is 11.8 Å². The summed E-state index contributed by atoms with van der Waals surface area (Å²) < 4.78 is 0. The topological polar surface area (TPSA) is 49.4 Å². The molecule has 1 unspecified atom stereocenters. The second-order valence-corrected chi connectivity index (χ2v) is 3.76. The van der Waals surface area contributed by atoms with E-state index in [9.17, 15) is 9.59 Å². The Labute approximate surface area is 98.3 Å². The van der Waals surface area contributed by atoms with E-state index in [2.05, 4.69) is 17.9 Å². The average Bonchev–Trinajstić information content (AvgIpc) is 2.29. The number of carbonyl (C=O) groups excluding carboxylic acids is 2. The summed E-state index contributed by atoms with van der Waals surface area (Å²) >= 11 is 4.23. The van der Waals surface area contributed by atoms with Gasteiger partial charge < -0.3 is 10.2 Å². The Balaban J connectivity index is 2.42. The number of nitrogens with one attached hydrogen (secondary N) is 1. The summed E-state index contributed by atoms with van der Waals surface area (Å²) in [5, 5.41) is 2.61. The molecule has 1 aromatic rings. The van der Waals surface area contributed by atoms with Crippen molar-refractivity contribution >= 4 is 30.5 Å². The fourth-order valence-electron chi connectivity index (χ4n) is 1.55. The highest BCUT2D eigenvalue weighted by atomic mass is 32.1. The summed E-state index contributed by atoms with van der Waals surface area (Å²) in [6.45, 7) is 0. The van der Waals surface area contributed by atoms with Gasteiger partial charge >= 0.3 is 0 Å². The molecule has 0 saturated heterocycles. The molecule has 0 bridgehead atoms. The van der Waals surface area contributed by atoms with E-state index in [1.54, 1.807) is 4.90 Å². The molecule has 1 atom stereocenters. The summed E-state index contributed by atoms with van der Waals surface area (Å²) in [4.78, 5) is 23.8. The second kappa shape index (κ2) is 4.40. The lowest BCUT2D eigenvalue weighted by molar-refractivity contribution is -0.117. The summed E-state index contributed by atoms with van der Waals surface area (Å²) in [7, 11) is 0. The van der Waals surface area contributed by atoms with Crippen LogP contribution in [0.4, 0.5) is 5.69 Å². The number of hydrogen-bond donors (Lipinski definition) is 2. The number of anilines is 1. The van der Waals surface area contributed by atoms with Gasteiger partial charge in [0.05, 0.1) is 5.70 Å². The average molecular weight is 234 g/mol. The van der Waals surface area contributed by atoms with Crippen molar-refractivity contribution in [3.63, 3.8) is 0 Å². The van der Waals surface area contributed by atoms with Gasteiger partial charge in [0.25, 0.3) is 0 Å². The van der Waals surface area contributed by atoms with Crippen LogP contribution in [-0.4, -0.2) is 17.7 Å². The van der Waals surface area contributed by atoms with Gasteiger partial charge in [-0.1, -0.05) is 18.2 Å². The first-order chi connectivity index (χ1) is 7.72. The molecule has 1 aromatic carbocycles. The van der Waals surface area contributed by atoms with Crippen molar-refractivity contribution in [2.45, 2.75) is 5.50 Å². The van der Waals surface area contributed by atoms with Crippen LogP contribution in [0, 0.1) is 0 Å². The molecule has 0 aliphatic carbocycles. The minimum absolute atomic E-state index is 0.301. The molecule has 1 amide bonds. The lowest BCUT2D eigenvalue weighted by Gasteiger charge is -2.33. The number of rotatable bonds is 2. The van der Waals surface area contributed by atoms with Crippen molar-refractivity contribution in [1.82, 2.24) is 5.32 Å². The lowest BCUT2D eigenvalue weighted by Crippen LogP contribution is -2.48. The molecule has 1 aliphatic rings. The van der Waals surface area contributed by atoms with Crippen LogP contribution in [0.2, 0.25) is 0 Å². The normalized spacial score (nSPS) is 20.1. The zero-order valence-electron chi connectivity index (χ0n) is 8.33. The number of thiol groups is 1. The number of benzene rings is 1. The van der Waals surface area contributed by atoms with Gasteiger partial charge in [0.2, 0.25) is 5.91 Å². The lowest BCUT2D eigenvalue weighted by atomic mass is 10.2. The highest BCUT2D eigenvalue weighted by molar-refractivity contribution is 7.81. The second-order valence-electron chi connectivity index (χ2n) is 3.27. The highest BCUT2D eigenvalue weighted by Crippen LogP contribution is 2.23. The summed E-state index contributed by atoms with van der Waals surface area (Å²) in [6, 6.07) is 9.28. The van der Waals surface area contributed by atoms with E-state index < -0.39 is 5.50 Å². The maximum atomic E-state index is 11.2.